The normalized spacial score (nSPS) is 20.9. The van der Waals surface area contributed by atoms with Crippen molar-refractivity contribution in [3.8, 4) is 0 Å². The molecule has 1 saturated carbocycles. The second kappa shape index (κ2) is 7.47. The molecule has 0 spiro atoms. The van der Waals surface area contributed by atoms with Gasteiger partial charge in [0.05, 0.1) is 6.54 Å². The number of nitrogens with one attached hydrogen (secondary N) is 2. The minimum atomic E-state index is 0.0644. The van der Waals surface area contributed by atoms with Crippen molar-refractivity contribution in [3.63, 3.8) is 0 Å². The van der Waals surface area contributed by atoms with Crippen LogP contribution < -0.4 is 10.6 Å². The molecule has 20 heavy (non-hydrogen) atoms. The predicted octanol–water partition coefficient (Wildman–Crippen LogP) is 0.392. The van der Waals surface area contributed by atoms with Gasteiger partial charge in [0.1, 0.15) is 0 Å². The van der Waals surface area contributed by atoms with Crippen LogP contribution in [-0.2, 0) is 4.79 Å². The zero-order valence-electron chi connectivity index (χ0n) is 12.4. The first-order valence-corrected chi connectivity index (χ1v) is 7.73. The minimum absolute atomic E-state index is 0.0644. The van der Waals surface area contributed by atoms with Crippen molar-refractivity contribution >= 4 is 11.9 Å². The highest BCUT2D eigenvalue weighted by Crippen LogP contribution is 2.18. The third-order valence-corrected chi connectivity index (χ3v) is 4.08. The first-order chi connectivity index (χ1) is 9.69. The molecule has 0 aromatic rings. The third-order valence-electron chi connectivity index (χ3n) is 4.08. The van der Waals surface area contributed by atoms with Gasteiger partial charge >= 0.3 is 6.03 Å². The Morgan fingerprint density at radius 3 is 2.35 bits per heavy atom. The monoisotopic (exact) mass is 282 g/mol. The zero-order chi connectivity index (χ0) is 14.4. The molecule has 1 aliphatic heterocycles. The van der Waals surface area contributed by atoms with Gasteiger partial charge in [0.25, 0.3) is 0 Å². The Balaban J connectivity index is 1.67. The van der Waals surface area contributed by atoms with Crippen molar-refractivity contribution in [3.05, 3.63) is 0 Å². The van der Waals surface area contributed by atoms with Gasteiger partial charge in [-0.05, 0) is 19.8 Å². The van der Waals surface area contributed by atoms with E-state index in [1.165, 1.54) is 12.8 Å². The lowest BCUT2D eigenvalue weighted by molar-refractivity contribution is -0.122. The number of nitrogens with zero attached hydrogens (tertiary/aromatic N) is 2. The van der Waals surface area contributed by atoms with Crippen LogP contribution >= 0.6 is 0 Å². The molecule has 0 aromatic heterocycles. The van der Waals surface area contributed by atoms with Gasteiger partial charge in [-0.2, -0.15) is 0 Å². The van der Waals surface area contributed by atoms with E-state index in [4.69, 9.17) is 0 Å². The van der Waals surface area contributed by atoms with Gasteiger partial charge in [0.2, 0.25) is 5.91 Å². The summed E-state index contributed by atoms with van der Waals surface area (Å²) in [5.41, 5.74) is 0. The maximum absolute atomic E-state index is 12.1. The number of rotatable bonds is 4. The number of piperazine rings is 1. The molecule has 0 aromatic carbocycles. The highest BCUT2D eigenvalue weighted by atomic mass is 16.2. The molecule has 1 aliphatic carbocycles. The molecule has 2 N–H and O–H groups in total. The summed E-state index contributed by atoms with van der Waals surface area (Å²) in [7, 11) is 0. The molecular weight excluding hydrogens is 256 g/mol. The van der Waals surface area contributed by atoms with E-state index < -0.39 is 0 Å². The molecule has 1 heterocycles. The van der Waals surface area contributed by atoms with E-state index in [1.54, 1.807) is 0 Å². The summed E-state index contributed by atoms with van der Waals surface area (Å²) in [5.74, 6) is 0.0661. The fourth-order valence-electron chi connectivity index (χ4n) is 2.90. The average Bonchev–Trinajstić information content (AvgIpc) is 2.92. The summed E-state index contributed by atoms with van der Waals surface area (Å²) < 4.78 is 0. The number of urea groups is 1. The van der Waals surface area contributed by atoms with Crippen LogP contribution in [0.25, 0.3) is 0 Å². The van der Waals surface area contributed by atoms with Crippen LogP contribution in [0.5, 0.6) is 0 Å². The topological polar surface area (TPSA) is 64.7 Å². The van der Waals surface area contributed by atoms with Gasteiger partial charge in [-0.15, -0.1) is 0 Å². The number of likely N-dealkylation sites (N-methyl/N-ethyl adjacent to an activating group) is 1. The Hall–Kier alpha value is -1.30. The summed E-state index contributed by atoms with van der Waals surface area (Å²) in [6.45, 7) is 5.98. The highest BCUT2D eigenvalue weighted by Gasteiger charge is 2.24. The van der Waals surface area contributed by atoms with E-state index in [0.29, 0.717) is 32.2 Å². The summed E-state index contributed by atoms with van der Waals surface area (Å²) >= 11 is 0. The molecule has 2 aliphatic rings. The molecule has 0 bridgehead atoms. The van der Waals surface area contributed by atoms with E-state index in [2.05, 4.69) is 15.5 Å². The fraction of sp³-hybridized carbons (Fsp3) is 0.857. The van der Waals surface area contributed by atoms with E-state index in [9.17, 15) is 9.59 Å². The van der Waals surface area contributed by atoms with Crippen LogP contribution in [0.3, 0.4) is 0 Å². The first-order valence-electron chi connectivity index (χ1n) is 7.73. The quantitative estimate of drug-likeness (QED) is 0.784. The van der Waals surface area contributed by atoms with Crippen molar-refractivity contribution in [1.82, 2.24) is 20.4 Å². The molecule has 6 nitrogen and oxygen atoms in total. The molecule has 114 valence electrons. The molecule has 0 unspecified atom stereocenters. The van der Waals surface area contributed by atoms with E-state index in [1.807, 2.05) is 11.8 Å². The zero-order valence-corrected chi connectivity index (χ0v) is 12.4. The molecular formula is C14H26N4O2. The smallest absolute Gasteiger partial charge is 0.317 e. The second-order valence-electron chi connectivity index (χ2n) is 5.65. The minimum Gasteiger partial charge on any atom is -0.355 e. The highest BCUT2D eigenvalue weighted by molar-refractivity contribution is 5.78. The van der Waals surface area contributed by atoms with Gasteiger partial charge in [-0.25, -0.2) is 4.79 Å². The number of hydrogen-bond acceptors (Lipinski definition) is 3. The SMILES string of the molecule is CCNC(=O)CN1CCN(C(=O)NC2CCCC2)CC1. The van der Waals surface area contributed by atoms with Gasteiger partial charge < -0.3 is 15.5 Å². The number of amides is 3. The number of hydrogen-bond donors (Lipinski definition) is 2. The van der Waals surface area contributed by atoms with Crippen LogP contribution in [0.15, 0.2) is 0 Å². The van der Waals surface area contributed by atoms with Gasteiger partial charge in [0, 0.05) is 38.8 Å². The molecule has 1 saturated heterocycles. The van der Waals surface area contributed by atoms with Gasteiger partial charge in [-0.3, -0.25) is 9.69 Å². The van der Waals surface area contributed by atoms with Crippen molar-refractivity contribution < 1.29 is 9.59 Å². The molecule has 0 atom stereocenters. The Kier molecular flexibility index (Phi) is 5.64. The first kappa shape index (κ1) is 15.1. The van der Waals surface area contributed by atoms with Gasteiger partial charge in [-0.1, -0.05) is 12.8 Å². The van der Waals surface area contributed by atoms with Crippen molar-refractivity contribution in [1.29, 1.82) is 0 Å². The fourth-order valence-corrected chi connectivity index (χ4v) is 2.90. The lowest BCUT2D eigenvalue weighted by Crippen LogP contribution is -2.54. The maximum Gasteiger partial charge on any atom is 0.317 e. The lowest BCUT2D eigenvalue weighted by Gasteiger charge is -2.34. The molecule has 2 fully saturated rings. The van der Waals surface area contributed by atoms with Gasteiger partial charge in [0.15, 0.2) is 0 Å². The van der Waals surface area contributed by atoms with Crippen LogP contribution in [-0.4, -0.2) is 67.0 Å². The number of carbonyl (C=O) groups excluding carboxylic acids is 2. The Morgan fingerprint density at radius 2 is 1.75 bits per heavy atom. The van der Waals surface area contributed by atoms with Crippen molar-refractivity contribution in [2.45, 2.75) is 38.6 Å². The van der Waals surface area contributed by atoms with Crippen LogP contribution in [0.1, 0.15) is 32.6 Å². The molecule has 2 rings (SSSR count). The lowest BCUT2D eigenvalue weighted by atomic mass is 10.2. The van der Waals surface area contributed by atoms with Crippen LogP contribution in [0.2, 0.25) is 0 Å². The summed E-state index contributed by atoms with van der Waals surface area (Å²) in [6.07, 6.45) is 4.68. The average molecular weight is 282 g/mol. The summed E-state index contributed by atoms with van der Waals surface area (Å²) in [6, 6.07) is 0.436. The Morgan fingerprint density at radius 1 is 1.10 bits per heavy atom. The summed E-state index contributed by atoms with van der Waals surface area (Å²) in [5, 5.41) is 5.92. The third kappa shape index (κ3) is 4.37. The largest absolute Gasteiger partial charge is 0.355 e. The van der Waals surface area contributed by atoms with Crippen molar-refractivity contribution in [2.75, 3.05) is 39.3 Å². The van der Waals surface area contributed by atoms with E-state index >= 15 is 0 Å². The number of carbonyl (C=O) groups is 2. The molecule has 3 amide bonds. The summed E-state index contributed by atoms with van der Waals surface area (Å²) in [4.78, 5) is 27.6. The van der Waals surface area contributed by atoms with Crippen LogP contribution in [0, 0.1) is 0 Å². The van der Waals surface area contributed by atoms with E-state index in [-0.39, 0.29) is 11.9 Å². The Bertz CT molecular complexity index is 334. The second-order valence-corrected chi connectivity index (χ2v) is 5.65. The predicted molar refractivity (Wildman–Crippen MR) is 77.5 cm³/mol. The molecule has 0 radical (unpaired) electrons. The Labute approximate surface area is 120 Å². The van der Waals surface area contributed by atoms with Crippen molar-refractivity contribution in [2.24, 2.45) is 0 Å². The maximum atomic E-state index is 12.1. The standard InChI is InChI=1S/C14H26N4O2/c1-2-15-13(19)11-17-7-9-18(10-8-17)14(20)16-12-5-3-4-6-12/h12H,2-11H2,1H3,(H,15,19)(H,16,20). The molecule has 6 heteroatoms. The van der Waals surface area contributed by atoms with E-state index in [0.717, 1.165) is 25.9 Å². The van der Waals surface area contributed by atoms with Crippen LogP contribution in [0.4, 0.5) is 4.79 Å².